The number of ether oxygens (including phenoxy) is 4. The molecule has 1 aromatic carbocycles. The van der Waals surface area contributed by atoms with Crippen LogP contribution in [0.3, 0.4) is 0 Å². The topological polar surface area (TPSA) is 66.4 Å². The summed E-state index contributed by atoms with van der Waals surface area (Å²) in [6.07, 6.45) is 5.74. The summed E-state index contributed by atoms with van der Waals surface area (Å²) in [6.45, 7) is 17.9. The molecule has 3 fully saturated rings. The second-order valence-corrected chi connectivity index (χ2v) is 18.9. The van der Waals surface area contributed by atoms with Gasteiger partial charge in [0, 0.05) is 18.3 Å². The third kappa shape index (κ3) is 6.18. The first-order valence-corrected chi connectivity index (χ1v) is 17.5. The second kappa shape index (κ2) is 11.1. The molecule has 2 saturated carbocycles. The molecule has 0 amide bonds. The van der Waals surface area contributed by atoms with Gasteiger partial charge in [0.15, 0.2) is 14.1 Å². The van der Waals surface area contributed by atoms with Crippen LogP contribution in [0.1, 0.15) is 85.1 Å². The van der Waals surface area contributed by atoms with Gasteiger partial charge in [0.2, 0.25) is 0 Å². The monoisotopic (exact) mass is 548 g/mol. The zero-order valence-corrected chi connectivity index (χ0v) is 26.1. The zero-order chi connectivity index (χ0) is 27.8. The molecule has 1 spiro atoms. The minimum absolute atomic E-state index is 0.000661. The average Bonchev–Trinajstić information content (AvgIpc) is 3.45. The van der Waals surface area contributed by atoms with Crippen LogP contribution in [0, 0.1) is 10.8 Å². The molecule has 1 aromatic rings. The minimum atomic E-state index is -2.03. The van der Waals surface area contributed by atoms with Crippen molar-refractivity contribution in [1.82, 2.24) is 0 Å². The van der Waals surface area contributed by atoms with Crippen molar-refractivity contribution >= 4 is 8.32 Å². The van der Waals surface area contributed by atoms with Crippen LogP contribution < -0.4 is 4.74 Å². The van der Waals surface area contributed by atoms with Gasteiger partial charge in [-0.3, -0.25) is 0 Å². The Morgan fingerprint density at radius 2 is 1.66 bits per heavy atom. The highest BCUT2D eigenvalue weighted by Gasteiger charge is 2.56. The number of aliphatic hydroxyl groups is 1. The van der Waals surface area contributed by atoms with Crippen molar-refractivity contribution in [3.63, 3.8) is 0 Å². The molecular weight excluding hydrogens is 496 g/mol. The number of benzene rings is 1. The van der Waals surface area contributed by atoms with Crippen molar-refractivity contribution in [3.05, 3.63) is 29.8 Å². The predicted octanol–water partition coefficient (Wildman–Crippen LogP) is 6.85. The summed E-state index contributed by atoms with van der Waals surface area (Å²) in [5.74, 6) is 0.338. The van der Waals surface area contributed by atoms with Crippen molar-refractivity contribution in [2.24, 2.45) is 10.8 Å². The van der Waals surface area contributed by atoms with Gasteiger partial charge in [0.05, 0.1) is 45.2 Å². The molecule has 0 radical (unpaired) electrons. The Morgan fingerprint density at radius 3 is 2.26 bits per heavy atom. The molecule has 1 heterocycles. The van der Waals surface area contributed by atoms with Gasteiger partial charge in [0.25, 0.3) is 0 Å². The highest BCUT2D eigenvalue weighted by atomic mass is 28.4. The van der Waals surface area contributed by atoms with Crippen LogP contribution in [0.4, 0.5) is 0 Å². The summed E-state index contributed by atoms with van der Waals surface area (Å²) >= 11 is 0. The Labute approximate surface area is 231 Å². The van der Waals surface area contributed by atoms with Crippen molar-refractivity contribution < 1.29 is 28.5 Å². The molecule has 7 heteroatoms. The molecule has 1 saturated heterocycles. The lowest BCUT2D eigenvalue weighted by Crippen LogP contribution is -2.56. The maximum absolute atomic E-state index is 11.9. The SMILES string of the molecule is COc1ccc(CO[C@H]2CCC[C@H](O[Si](C)(C)C(C)(C)C)[C@@]2(C)CC(O)[C@@]2(C)CCC3(C2)OCCO3)cc1. The molecular formula is C31H52O6Si. The summed E-state index contributed by atoms with van der Waals surface area (Å²) < 4.78 is 31.2. The fourth-order valence-corrected chi connectivity index (χ4v) is 7.95. The Hall–Kier alpha value is -0.963. The molecule has 6 nitrogen and oxygen atoms in total. The van der Waals surface area contributed by atoms with E-state index < -0.39 is 20.2 Å². The molecule has 0 aromatic heterocycles. The third-order valence-electron chi connectivity index (χ3n) is 10.3. The molecule has 5 atom stereocenters. The third-order valence-corrected chi connectivity index (χ3v) is 14.7. The Kier molecular flexibility index (Phi) is 8.79. The highest BCUT2D eigenvalue weighted by molar-refractivity contribution is 6.74. The van der Waals surface area contributed by atoms with Crippen LogP contribution in [0.2, 0.25) is 18.1 Å². The van der Waals surface area contributed by atoms with Crippen molar-refractivity contribution in [1.29, 1.82) is 0 Å². The van der Waals surface area contributed by atoms with Crippen LogP contribution in [0.15, 0.2) is 24.3 Å². The van der Waals surface area contributed by atoms with Crippen LogP contribution in [-0.2, 0) is 25.2 Å². The van der Waals surface area contributed by atoms with Crippen LogP contribution >= 0.6 is 0 Å². The predicted molar refractivity (Wildman–Crippen MR) is 153 cm³/mol. The van der Waals surface area contributed by atoms with Gasteiger partial charge in [-0.2, -0.15) is 0 Å². The van der Waals surface area contributed by atoms with E-state index >= 15 is 0 Å². The smallest absolute Gasteiger partial charge is 0.192 e. The number of methoxy groups -OCH3 is 1. The average molecular weight is 549 g/mol. The highest BCUT2D eigenvalue weighted by Crippen LogP contribution is 2.54. The first-order valence-electron chi connectivity index (χ1n) is 14.6. The van der Waals surface area contributed by atoms with Crippen LogP contribution in [-0.4, -0.2) is 57.8 Å². The fourth-order valence-electron chi connectivity index (χ4n) is 6.50. The Balaban J connectivity index is 1.56. The number of hydrogen-bond acceptors (Lipinski definition) is 6. The molecule has 0 bridgehead atoms. The quantitative estimate of drug-likeness (QED) is 0.341. The summed E-state index contributed by atoms with van der Waals surface area (Å²) in [6, 6.07) is 8.10. The van der Waals surface area contributed by atoms with Gasteiger partial charge in [-0.05, 0) is 73.3 Å². The van der Waals surface area contributed by atoms with Gasteiger partial charge in [0.1, 0.15) is 5.75 Å². The zero-order valence-electron chi connectivity index (χ0n) is 25.1. The van der Waals surface area contributed by atoms with E-state index in [0.717, 1.165) is 49.8 Å². The molecule has 38 heavy (non-hydrogen) atoms. The number of hydrogen-bond donors (Lipinski definition) is 1. The van der Waals surface area contributed by atoms with Gasteiger partial charge < -0.3 is 28.5 Å². The standard InChI is InChI=1S/C31H52O6Si/c1-28(2,3)38(7,8)37-27-11-9-10-26(34-21-23-12-14-24(33-6)15-13-23)30(27,5)20-25(32)29(4)16-17-31(22-29)35-18-19-36-31/h12-15,25-27,32H,9-11,16-22H2,1-8H3/t25?,26-,27-,29-,30-/m0/s1. The van der Waals surface area contributed by atoms with Crippen LogP contribution in [0.5, 0.6) is 5.75 Å². The normalized spacial score (nSPS) is 32.6. The number of aliphatic hydroxyl groups excluding tert-OH is 1. The van der Waals surface area contributed by atoms with Crippen molar-refractivity contribution in [2.75, 3.05) is 20.3 Å². The lowest BCUT2D eigenvalue weighted by atomic mass is 9.64. The van der Waals surface area contributed by atoms with E-state index in [9.17, 15) is 5.11 Å². The molecule has 1 unspecified atom stereocenters. The first-order chi connectivity index (χ1) is 17.7. The van der Waals surface area contributed by atoms with E-state index in [-0.39, 0.29) is 28.1 Å². The van der Waals surface area contributed by atoms with Crippen LogP contribution in [0.25, 0.3) is 0 Å². The van der Waals surface area contributed by atoms with Gasteiger partial charge >= 0.3 is 0 Å². The second-order valence-electron chi connectivity index (χ2n) is 14.1. The van der Waals surface area contributed by atoms with Crippen molar-refractivity contribution in [3.8, 4) is 5.75 Å². The van der Waals surface area contributed by atoms with E-state index in [1.807, 2.05) is 12.1 Å². The Bertz CT molecular complexity index is 921. The molecule has 2 aliphatic carbocycles. The summed E-state index contributed by atoms with van der Waals surface area (Å²) in [5.41, 5.74) is 0.559. The Morgan fingerprint density at radius 1 is 1.03 bits per heavy atom. The largest absolute Gasteiger partial charge is 0.497 e. The van der Waals surface area contributed by atoms with E-state index in [0.29, 0.717) is 26.2 Å². The van der Waals surface area contributed by atoms with Gasteiger partial charge in [-0.15, -0.1) is 0 Å². The van der Waals surface area contributed by atoms with Crippen molar-refractivity contribution in [2.45, 2.75) is 128 Å². The maximum Gasteiger partial charge on any atom is 0.192 e. The molecule has 1 aliphatic heterocycles. The van der Waals surface area contributed by atoms with E-state index in [1.165, 1.54) is 0 Å². The van der Waals surface area contributed by atoms with Gasteiger partial charge in [-0.25, -0.2) is 0 Å². The van der Waals surface area contributed by atoms with E-state index in [4.69, 9.17) is 23.4 Å². The first kappa shape index (κ1) is 30.0. The van der Waals surface area contributed by atoms with E-state index in [2.05, 4.69) is 59.8 Å². The summed E-state index contributed by atoms with van der Waals surface area (Å²) in [7, 11) is -0.342. The summed E-state index contributed by atoms with van der Waals surface area (Å²) in [4.78, 5) is 0. The summed E-state index contributed by atoms with van der Waals surface area (Å²) in [5, 5.41) is 12.0. The van der Waals surface area contributed by atoms with Gasteiger partial charge in [-0.1, -0.05) is 46.8 Å². The molecule has 1 N–H and O–H groups in total. The minimum Gasteiger partial charge on any atom is -0.497 e. The molecule has 4 rings (SSSR count). The lowest BCUT2D eigenvalue weighted by Gasteiger charge is -2.52. The molecule has 3 aliphatic rings. The fraction of sp³-hybridized carbons (Fsp3) is 0.806. The lowest BCUT2D eigenvalue weighted by molar-refractivity contribution is -0.169. The van der Waals surface area contributed by atoms with E-state index in [1.54, 1.807) is 7.11 Å². The maximum atomic E-state index is 11.9. The molecule has 216 valence electrons. The number of rotatable bonds is 9.